The van der Waals surface area contributed by atoms with Crippen LogP contribution in [-0.4, -0.2) is 30.5 Å². The van der Waals surface area contributed by atoms with E-state index in [-0.39, 0.29) is 22.6 Å². The van der Waals surface area contributed by atoms with Gasteiger partial charge in [0.05, 0.1) is 17.6 Å². The Balaban J connectivity index is 1.57. The van der Waals surface area contributed by atoms with Crippen molar-refractivity contribution in [3.63, 3.8) is 0 Å². The first-order valence-electron chi connectivity index (χ1n) is 10.5. The summed E-state index contributed by atoms with van der Waals surface area (Å²) in [6.45, 7) is 6.43. The molecule has 3 atom stereocenters. The van der Waals surface area contributed by atoms with Crippen molar-refractivity contribution in [2.45, 2.75) is 32.7 Å². The van der Waals surface area contributed by atoms with Crippen LogP contribution in [-0.2, 0) is 0 Å². The summed E-state index contributed by atoms with van der Waals surface area (Å²) in [6, 6.07) is 12.3. The normalized spacial score (nSPS) is 23.3. The van der Waals surface area contributed by atoms with Crippen molar-refractivity contribution in [3.05, 3.63) is 63.7 Å². The SMILES string of the molecule is C[C@@H]1C[C@@H](C)CN(c2ccc(C(=O)N[C@H]3CCOc4ccccc43)cc2[N+](=O)[O-])C1. The number of anilines is 1. The molecule has 1 fully saturated rings. The standard InChI is InChI=1S/C23H27N3O4/c1-15-11-16(2)14-25(13-15)20-8-7-17(12-21(20)26(28)29)23(27)24-19-9-10-30-22-6-4-3-5-18(19)22/h3-8,12,15-16,19H,9-11,13-14H2,1-2H3,(H,24,27)/t15-,16-,19+/m1/s1. The van der Waals surface area contributed by atoms with E-state index < -0.39 is 0 Å². The monoisotopic (exact) mass is 409 g/mol. The molecule has 7 nitrogen and oxygen atoms in total. The average Bonchev–Trinajstić information content (AvgIpc) is 2.73. The van der Waals surface area contributed by atoms with Gasteiger partial charge in [-0.2, -0.15) is 0 Å². The van der Waals surface area contributed by atoms with Crippen molar-refractivity contribution < 1.29 is 14.5 Å². The summed E-state index contributed by atoms with van der Waals surface area (Å²) >= 11 is 0. The lowest BCUT2D eigenvalue weighted by atomic mass is 9.91. The van der Waals surface area contributed by atoms with Gasteiger partial charge in [0.2, 0.25) is 0 Å². The number of rotatable bonds is 4. The highest BCUT2D eigenvalue weighted by Crippen LogP contribution is 2.35. The third-order valence-electron chi connectivity index (χ3n) is 5.91. The summed E-state index contributed by atoms with van der Waals surface area (Å²) in [5.41, 5.74) is 1.80. The minimum absolute atomic E-state index is 0.0173. The molecule has 1 saturated heterocycles. The van der Waals surface area contributed by atoms with E-state index in [1.165, 1.54) is 6.07 Å². The smallest absolute Gasteiger partial charge is 0.293 e. The molecule has 2 heterocycles. The number of hydrogen-bond acceptors (Lipinski definition) is 5. The molecule has 1 amide bonds. The van der Waals surface area contributed by atoms with E-state index in [1.54, 1.807) is 12.1 Å². The van der Waals surface area contributed by atoms with E-state index >= 15 is 0 Å². The fraction of sp³-hybridized carbons (Fsp3) is 0.435. The van der Waals surface area contributed by atoms with Crippen molar-refractivity contribution in [1.29, 1.82) is 0 Å². The van der Waals surface area contributed by atoms with Gasteiger partial charge in [-0.05, 0) is 36.5 Å². The third kappa shape index (κ3) is 4.10. The van der Waals surface area contributed by atoms with Gasteiger partial charge in [0.15, 0.2) is 0 Å². The summed E-state index contributed by atoms with van der Waals surface area (Å²) in [6.07, 6.45) is 1.78. The molecule has 0 saturated carbocycles. The number of nitro benzene ring substituents is 1. The molecule has 30 heavy (non-hydrogen) atoms. The second-order valence-electron chi connectivity index (χ2n) is 8.51. The first-order chi connectivity index (χ1) is 14.4. The molecule has 2 aliphatic heterocycles. The maximum atomic E-state index is 12.9. The second-order valence-corrected chi connectivity index (χ2v) is 8.51. The van der Waals surface area contributed by atoms with Crippen molar-refractivity contribution in [2.75, 3.05) is 24.6 Å². The number of fused-ring (bicyclic) bond motifs is 1. The lowest BCUT2D eigenvalue weighted by molar-refractivity contribution is -0.384. The van der Waals surface area contributed by atoms with E-state index in [2.05, 4.69) is 24.1 Å². The Labute approximate surface area is 176 Å². The van der Waals surface area contributed by atoms with Crippen LogP contribution in [0.25, 0.3) is 0 Å². The van der Waals surface area contributed by atoms with Crippen molar-refractivity contribution in [3.8, 4) is 5.75 Å². The Hall–Kier alpha value is -3.09. The fourth-order valence-electron chi connectivity index (χ4n) is 4.67. The fourth-order valence-corrected chi connectivity index (χ4v) is 4.67. The summed E-state index contributed by atoms with van der Waals surface area (Å²) in [5, 5.41) is 14.8. The lowest BCUT2D eigenvalue weighted by Crippen LogP contribution is -2.39. The highest BCUT2D eigenvalue weighted by molar-refractivity contribution is 5.96. The predicted molar refractivity (Wildman–Crippen MR) is 115 cm³/mol. The number of amides is 1. The molecule has 2 aromatic rings. The number of nitro groups is 1. The van der Waals surface area contributed by atoms with Crippen molar-refractivity contribution in [2.24, 2.45) is 11.8 Å². The molecule has 2 aliphatic rings. The van der Waals surface area contributed by atoms with Gasteiger partial charge in [0, 0.05) is 36.7 Å². The predicted octanol–water partition coefficient (Wildman–Crippen LogP) is 4.33. The van der Waals surface area contributed by atoms with Gasteiger partial charge in [-0.3, -0.25) is 14.9 Å². The summed E-state index contributed by atoms with van der Waals surface area (Å²) < 4.78 is 5.65. The van der Waals surface area contributed by atoms with Crippen LogP contribution in [0, 0.1) is 22.0 Å². The first-order valence-corrected chi connectivity index (χ1v) is 10.5. The number of para-hydroxylation sites is 1. The van der Waals surface area contributed by atoms with E-state index in [0.29, 0.717) is 36.1 Å². The molecule has 7 heteroatoms. The minimum atomic E-state index is -0.389. The molecular formula is C23H27N3O4. The number of nitrogens with zero attached hydrogens (tertiary/aromatic N) is 2. The van der Waals surface area contributed by atoms with Gasteiger partial charge in [0.25, 0.3) is 11.6 Å². The zero-order valence-corrected chi connectivity index (χ0v) is 17.3. The van der Waals surface area contributed by atoms with Crippen LogP contribution in [0.15, 0.2) is 42.5 Å². The summed E-state index contributed by atoms with van der Waals surface area (Å²) in [7, 11) is 0. The number of nitrogens with one attached hydrogen (secondary N) is 1. The van der Waals surface area contributed by atoms with E-state index in [4.69, 9.17) is 4.74 Å². The van der Waals surface area contributed by atoms with Crippen LogP contribution >= 0.6 is 0 Å². The Bertz CT molecular complexity index is 951. The maximum Gasteiger partial charge on any atom is 0.293 e. The molecule has 0 bridgehead atoms. The Morgan fingerprint density at radius 1 is 1.17 bits per heavy atom. The highest BCUT2D eigenvalue weighted by Gasteiger charge is 2.29. The van der Waals surface area contributed by atoms with Gasteiger partial charge in [-0.1, -0.05) is 32.0 Å². The molecule has 2 aromatic carbocycles. The Morgan fingerprint density at radius 3 is 2.63 bits per heavy atom. The number of ether oxygens (including phenoxy) is 1. The van der Waals surface area contributed by atoms with Crippen molar-refractivity contribution in [1.82, 2.24) is 5.32 Å². The Kier molecular flexibility index (Phi) is 5.61. The zero-order valence-electron chi connectivity index (χ0n) is 17.3. The topological polar surface area (TPSA) is 84.7 Å². The second kappa shape index (κ2) is 8.34. The quantitative estimate of drug-likeness (QED) is 0.600. The number of hydrogen-bond donors (Lipinski definition) is 1. The molecular weight excluding hydrogens is 382 g/mol. The first kappa shape index (κ1) is 20.2. The Morgan fingerprint density at radius 2 is 1.90 bits per heavy atom. The van der Waals surface area contributed by atoms with Gasteiger partial charge in [-0.15, -0.1) is 0 Å². The third-order valence-corrected chi connectivity index (χ3v) is 5.91. The van der Waals surface area contributed by atoms with Crippen LogP contribution in [0.4, 0.5) is 11.4 Å². The number of carbonyl (C=O) groups is 1. The van der Waals surface area contributed by atoms with Crippen LogP contribution in [0.3, 0.4) is 0 Å². The lowest BCUT2D eigenvalue weighted by Gasteiger charge is -2.36. The van der Waals surface area contributed by atoms with Crippen LogP contribution in [0.1, 0.15) is 48.7 Å². The van der Waals surface area contributed by atoms with E-state index in [9.17, 15) is 14.9 Å². The van der Waals surface area contributed by atoms with Crippen molar-refractivity contribution >= 4 is 17.3 Å². The van der Waals surface area contributed by atoms with Gasteiger partial charge in [0.1, 0.15) is 11.4 Å². The van der Waals surface area contributed by atoms with Gasteiger partial charge < -0.3 is 15.0 Å². The number of carbonyl (C=O) groups excluding carboxylic acids is 1. The molecule has 0 spiro atoms. The number of benzene rings is 2. The minimum Gasteiger partial charge on any atom is -0.493 e. The molecule has 0 aliphatic carbocycles. The van der Waals surface area contributed by atoms with E-state index in [1.807, 2.05) is 24.3 Å². The molecule has 4 rings (SSSR count). The summed E-state index contributed by atoms with van der Waals surface area (Å²) in [5.74, 6) is 1.41. The highest BCUT2D eigenvalue weighted by atomic mass is 16.6. The number of piperidine rings is 1. The van der Waals surface area contributed by atoms with Crippen LogP contribution < -0.4 is 15.0 Å². The molecule has 0 aromatic heterocycles. The van der Waals surface area contributed by atoms with Crippen LogP contribution in [0.2, 0.25) is 0 Å². The average molecular weight is 409 g/mol. The van der Waals surface area contributed by atoms with Gasteiger partial charge >= 0.3 is 0 Å². The molecule has 158 valence electrons. The van der Waals surface area contributed by atoms with E-state index in [0.717, 1.165) is 30.8 Å². The van der Waals surface area contributed by atoms with Gasteiger partial charge in [-0.25, -0.2) is 0 Å². The van der Waals surface area contributed by atoms with Crippen LogP contribution in [0.5, 0.6) is 5.75 Å². The maximum absolute atomic E-state index is 12.9. The molecule has 0 radical (unpaired) electrons. The summed E-state index contributed by atoms with van der Waals surface area (Å²) in [4.78, 5) is 26.4. The zero-order chi connectivity index (χ0) is 21.3. The molecule has 1 N–H and O–H groups in total. The molecule has 0 unspecified atom stereocenters. The largest absolute Gasteiger partial charge is 0.493 e.